The van der Waals surface area contributed by atoms with E-state index in [0.717, 1.165) is 0 Å². The Morgan fingerprint density at radius 1 is 1.14 bits per heavy atom. The Morgan fingerprint density at radius 2 is 1.73 bits per heavy atom. The maximum atomic E-state index is 11.8. The highest BCUT2D eigenvalue weighted by Gasteiger charge is 2.26. The molecule has 0 saturated heterocycles. The molecule has 1 atom stereocenters. The maximum absolute atomic E-state index is 11.8. The van der Waals surface area contributed by atoms with Gasteiger partial charge in [0.1, 0.15) is 5.60 Å². The van der Waals surface area contributed by atoms with Gasteiger partial charge in [-0.05, 0) is 38.5 Å². The van der Waals surface area contributed by atoms with Crippen molar-refractivity contribution in [2.75, 3.05) is 14.2 Å². The van der Waals surface area contributed by atoms with Crippen molar-refractivity contribution < 1.29 is 28.9 Å². The number of carboxylic acids is 1. The molecule has 7 heteroatoms. The van der Waals surface area contributed by atoms with E-state index in [2.05, 4.69) is 5.32 Å². The number of ether oxygens (including phenoxy) is 3. The summed E-state index contributed by atoms with van der Waals surface area (Å²) in [5.41, 5.74) is -0.374. The van der Waals surface area contributed by atoms with Crippen molar-refractivity contribution in [1.82, 2.24) is 5.32 Å². The van der Waals surface area contributed by atoms with Crippen molar-refractivity contribution in [2.24, 2.45) is 0 Å². The molecule has 0 radical (unpaired) electrons. The van der Waals surface area contributed by atoms with Crippen LogP contribution in [0.1, 0.15) is 32.4 Å². The second-order valence-electron chi connectivity index (χ2n) is 5.53. The molecule has 1 rings (SSSR count). The van der Waals surface area contributed by atoms with Crippen LogP contribution in [0.3, 0.4) is 0 Å². The zero-order chi connectivity index (χ0) is 16.9. The third kappa shape index (κ3) is 4.83. The summed E-state index contributed by atoms with van der Waals surface area (Å²) in [5.74, 6) is -0.372. The van der Waals surface area contributed by atoms with E-state index in [1.54, 1.807) is 26.8 Å². The monoisotopic (exact) mass is 311 g/mol. The molecule has 0 aliphatic rings. The van der Waals surface area contributed by atoms with Crippen molar-refractivity contribution in [3.05, 3.63) is 23.8 Å². The number of alkyl carbamates (subject to hydrolysis) is 1. The molecule has 1 aromatic rings. The Kier molecular flexibility index (Phi) is 5.62. The summed E-state index contributed by atoms with van der Waals surface area (Å²) >= 11 is 0. The fraction of sp³-hybridized carbons (Fsp3) is 0.467. The predicted octanol–water partition coefficient (Wildman–Crippen LogP) is 2.35. The van der Waals surface area contributed by atoms with Gasteiger partial charge in [-0.15, -0.1) is 0 Å². The Bertz CT molecular complexity index is 549. The number of nitrogens with one attached hydrogen (secondary N) is 1. The second-order valence-corrected chi connectivity index (χ2v) is 5.53. The molecule has 22 heavy (non-hydrogen) atoms. The Morgan fingerprint density at radius 3 is 2.18 bits per heavy atom. The summed E-state index contributed by atoms with van der Waals surface area (Å²) in [5, 5.41) is 11.6. The lowest BCUT2D eigenvalue weighted by atomic mass is 10.1. The molecule has 0 aliphatic carbocycles. The van der Waals surface area contributed by atoms with Crippen LogP contribution in [0, 0.1) is 0 Å². The van der Waals surface area contributed by atoms with Gasteiger partial charge >= 0.3 is 12.1 Å². The van der Waals surface area contributed by atoms with Crippen LogP contribution in [0.25, 0.3) is 0 Å². The van der Waals surface area contributed by atoms with Crippen molar-refractivity contribution in [3.63, 3.8) is 0 Å². The zero-order valence-corrected chi connectivity index (χ0v) is 13.3. The first-order valence-electron chi connectivity index (χ1n) is 6.62. The van der Waals surface area contributed by atoms with Gasteiger partial charge in [0.05, 0.1) is 14.2 Å². The summed E-state index contributed by atoms with van der Waals surface area (Å²) in [6, 6.07) is 3.35. The van der Waals surface area contributed by atoms with Gasteiger partial charge in [0.15, 0.2) is 17.5 Å². The molecule has 7 nitrogen and oxygen atoms in total. The molecule has 0 saturated carbocycles. The van der Waals surface area contributed by atoms with Gasteiger partial charge in [-0.25, -0.2) is 9.59 Å². The number of hydrogen-bond donors (Lipinski definition) is 2. The SMILES string of the molecule is COc1ccc(C(NC(=O)OC(C)(C)C)C(=O)O)cc1OC. The summed E-state index contributed by atoms with van der Waals surface area (Å²) < 4.78 is 15.3. The van der Waals surface area contributed by atoms with E-state index >= 15 is 0 Å². The van der Waals surface area contributed by atoms with E-state index in [1.807, 2.05) is 0 Å². The number of methoxy groups -OCH3 is 2. The molecule has 0 aliphatic heterocycles. The van der Waals surface area contributed by atoms with E-state index in [1.165, 1.54) is 26.4 Å². The number of rotatable bonds is 5. The molecular weight excluding hydrogens is 290 g/mol. The number of benzene rings is 1. The van der Waals surface area contributed by atoms with Crippen LogP contribution in [-0.4, -0.2) is 37.0 Å². The Hall–Kier alpha value is -2.44. The van der Waals surface area contributed by atoms with Crippen molar-refractivity contribution in [2.45, 2.75) is 32.4 Å². The van der Waals surface area contributed by atoms with Gasteiger partial charge < -0.3 is 24.6 Å². The van der Waals surface area contributed by atoms with Crippen molar-refractivity contribution in [3.8, 4) is 11.5 Å². The smallest absolute Gasteiger partial charge is 0.408 e. The molecule has 0 spiro atoms. The van der Waals surface area contributed by atoms with E-state index in [4.69, 9.17) is 14.2 Å². The van der Waals surface area contributed by atoms with E-state index in [9.17, 15) is 14.7 Å². The average molecular weight is 311 g/mol. The first kappa shape index (κ1) is 17.6. The van der Waals surface area contributed by atoms with Crippen LogP contribution in [0.2, 0.25) is 0 Å². The van der Waals surface area contributed by atoms with Gasteiger partial charge in [-0.1, -0.05) is 6.07 Å². The molecule has 1 aromatic carbocycles. The Labute approximate surface area is 129 Å². The minimum absolute atomic E-state index is 0.344. The number of carbonyl (C=O) groups is 2. The molecule has 0 heterocycles. The summed E-state index contributed by atoms with van der Waals surface area (Å²) in [7, 11) is 2.92. The lowest BCUT2D eigenvalue weighted by molar-refractivity contribution is -0.139. The highest BCUT2D eigenvalue weighted by atomic mass is 16.6. The fourth-order valence-electron chi connectivity index (χ4n) is 1.75. The first-order chi connectivity index (χ1) is 10.2. The molecule has 2 N–H and O–H groups in total. The summed E-state index contributed by atoms with van der Waals surface area (Å²) in [6.07, 6.45) is -0.810. The molecule has 0 fully saturated rings. The van der Waals surface area contributed by atoms with Crippen molar-refractivity contribution in [1.29, 1.82) is 0 Å². The minimum atomic E-state index is -1.25. The van der Waals surface area contributed by atoms with E-state index < -0.39 is 23.7 Å². The van der Waals surface area contributed by atoms with Crippen molar-refractivity contribution >= 4 is 12.1 Å². The lowest BCUT2D eigenvalue weighted by Crippen LogP contribution is -2.38. The predicted molar refractivity (Wildman–Crippen MR) is 79.3 cm³/mol. The van der Waals surface area contributed by atoms with E-state index in [-0.39, 0.29) is 0 Å². The zero-order valence-electron chi connectivity index (χ0n) is 13.3. The van der Waals surface area contributed by atoms with Crippen LogP contribution in [0.5, 0.6) is 11.5 Å². The summed E-state index contributed by atoms with van der Waals surface area (Å²) in [4.78, 5) is 23.2. The van der Waals surface area contributed by atoms with Gasteiger partial charge in [-0.3, -0.25) is 0 Å². The fourth-order valence-corrected chi connectivity index (χ4v) is 1.75. The number of carbonyl (C=O) groups excluding carboxylic acids is 1. The molecule has 1 unspecified atom stereocenters. The lowest BCUT2D eigenvalue weighted by Gasteiger charge is -2.22. The standard InChI is InChI=1S/C15H21NO6/c1-15(2,3)22-14(19)16-12(13(17)18)9-6-7-10(20-4)11(8-9)21-5/h6-8,12H,1-5H3,(H,16,19)(H,17,18). The van der Waals surface area contributed by atoms with Crippen LogP contribution in [0.15, 0.2) is 18.2 Å². The van der Waals surface area contributed by atoms with Crippen LogP contribution in [0.4, 0.5) is 4.79 Å². The molecular formula is C15H21NO6. The second kappa shape index (κ2) is 7.02. The molecule has 0 aromatic heterocycles. The highest BCUT2D eigenvalue weighted by molar-refractivity contribution is 5.81. The highest BCUT2D eigenvalue weighted by Crippen LogP contribution is 2.30. The molecule has 1 amide bonds. The van der Waals surface area contributed by atoms with Crippen LogP contribution < -0.4 is 14.8 Å². The quantitative estimate of drug-likeness (QED) is 0.867. The first-order valence-corrected chi connectivity index (χ1v) is 6.62. The largest absolute Gasteiger partial charge is 0.493 e. The number of aliphatic carboxylic acids is 1. The maximum Gasteiger partial charge on any atom is 0.408 e. The average Bonchev–Trinajstić information content (AvgIpc) is 2.41. The number of hydrogen-bond acceptors (Lipinski definition) is 5. The number of amides is 1. The Balaban J connectivity index is 3.01. The number of carboxylic acid groups (broad SMARTS) is 1. The third-order valence-corrected chi connectivity index (χ3v) is 2.65. The van der Waals surface area contributed by atoms with Crippen LogP contribution >= 0.6 is 0 Å². The molecule has 0 bridgehead atoms. The normalized spacial score (nSPS) is 12.2. The summed E-state index contributed by atoms with van der Waals surface area (Å²) in [6.45, 7) is 5.08. The van der Waals surface area contributed by atoms with Crippen LogP contribution in [-0.2, 0) is 9.53 Å². The van der Waals surface area contributed by atoms with Gasteiger partial charge in [0.25, 0.3) is 0 Å². The van der Waals surface area contributed by atoms with Gasteiger partial charge in [0.2, 0.25) is 0 Å². The third-order valence-electron chi connectivity index (χ3n) is 2.65. The van der Waals surface area contributed by atoms with E-state index in [0.29, 0.717) is 17.1 Å². The minimum Gasteiger partial charge on any atom is -0.493 e. The van der Waals surface area contributed by atoms with Gasteiger partial charge in [-0.2, -0.15) is 0 Å². The molecule has 122 valence electrons. The topological polar surface area (TPSA) is 94.1 Å². The van der Waals surface area contributed by atoms with Gasteiger partial charge in [0, 0.05) is 0 Å².